The van der Waals surface area contributed by atoms with E-state index in [1.165, 1.54) is 83.5 Å². The molecular weight excluding hydrogens is 468 g/mol. The highest BCUT2D eigenvalue weighted by atomic mass is 16.5. The van der Waals surface area contributed by atoms with Gasteiger partial charge in [0, 0.05) is 24.1 Å². The highest BCUT2D eigenvalue weighted by Crippen LogP contribution is 2.39. The van der Waals surface area contributed by atoms with Gasteiger partial charge in [0.1, 0.15) is 23.9 Å². The van der Waals surface area contributed by atoms with Crippen LogP contribution < -0.4 is 9.47 Å². The van der Waals surface area contributed by atoms with E-state index < -0.39 is 0 Å². The van der Waals surface area contributed by atoms with Gasteiger partial charge in [-0.2, -0.15) is 0 Å². The lowest BCUT2D eigenvalue weighted by Crippen LogP contribution is -2.05. The van der Waals surface area contributed by atoms with Crippen LogP contribution in [-0.4, -0.2) is 23.3 Å². The molecule has 206 valence electrons. The summed E-state index contributed by atoms with van der Waals surface area (Å²) in [7, 11) is 1.50. The number of hydrogen-bond acceptors (Lipinski definition) is 6. The van der Waals surface area contributed by atoms with Crippen LogP contribution in [0.5, 0.6) is 28.7 Å². The molecule has 0 atom stereocenters. The van der Waals surface area contributed by atoms with E-state index in [0.717, 1.165) is 24.8 Å². The van der Waals surface area contributed by atoms with Crippen molar-refractivity contribution in [1.29, 1.82) is 0 Å². The Morgan fingerprint density at radius 1 is 0.757 bits per heavy atom. The number of benzene rings is 2. The molecule has 0 aromatic heterocycles. The predicted molar refractivity (Wildman–Crippen MR) is 148 cm³/mol. The summed E-state index contributed by atoms with van der Waals surface area (Å²) in [6.45, 7) is 4.04. The van der Waals surface area contributed by atoms with Crippen molar-refractivity contribution in [3.63, 3.8) is 0 Å². The van der Waals surface area contributed by atoms with Crippen LogP contribution in [0.25, 0.3) is 0 Å². The first kappa shape index (κ1) is 30.3. The van der Waals surface area contributed by atoms with Crippen molar-refractivity contribution < 1.29 is 29.2 Å². The number of methoxy groups -OCH3 is 1. The average Bonchev–Trinajstić information content (AvgIpc) is 2.86. The van der Waals surface area contributed by atoms with Crippen molar-refractivity contribution in [3.8, 4) is 28.7 Å². The van der Waals surface area contributed by atoms with E-state index >= 15 is 0 Å². The van der Waals surface area contributed by atoms with E-state index in [4.69, 9.17) is 14.2 Å². The minimum atomic E-state index is -0.274. The first-order valence-electron chi connectivity index (χ1n) is 14.0. The minimum absolute atomic E-state index is 0.0465. The Morgan fingerprint density at radius 2 is 1.35 bits per heavy atom. The number of aromatic hydroxyl groups is 2. The van der Waals surface area contributed by atoms with Crippen LogP contribution in [0.4, 0.5) is 0 Å². The molecule has 0 aliphatic carbocycles. The highest BCUT2D eigenvalue weighted by molar-refractivity contribution is 5.69. The fourth-order valence-electron chi connectivity index (χ4n) is 4.41. The molecule has 0 heterocycles. The van der Waals surface area contributed by atoms with Gasteiger partial charge in [0.15, 0.2) is 11.5 Å². The summed E-state index contributed by atoms with van der Waals surface area (Å²) in [6.07, 6.45) is 16.7. The maximum Gasteiger partial charge on any atom is 0.306 e. The summed E-state index contributed by atoms with van der Waals surface area (Å²) in [5, 5.41) is 20.4. The van der Waals surface area contributed by atoms with Gasteiger partial charge in [-0.25, -0.2) is 0 Å². The maximum atomic E-state index is 12.3. The number of rotatable bonds is 19. The van der Waals surface area contributed by atoms with E-state index in [-0.39, 0.29) is 29.8 Å². The summed E-state index contributed by atoms with van der Waals surface area (Å²) in [5.74, 6) is 0.623. The molecule has 0 spiro atoms. The van der Waals surface area contributed by atoms with Gasteiger partial charge in [0.05, 0.1) is 7.11 Å². The van der Waals surface area contributed by atoms with Crippen molar-refractivity contribution in [2.24, 2.45) is 0 Å². The molecule has 6 nitrogen and oxygen atoms in total. The Labute approximate surface area is 223 Å². The summed E-state index contributed by atoms with van der Waals surface area (Å²) in [6, 6.07) is 7.92. The zero-order chi connectivity index (χ0) is 26.9. The van der Waals surface area contributed by atoms with Gasteiger partial charge >= 0.3 is 5.97 Å². The molecular formula is C31H46O6. The molecule has 0 aliphatic rings. The molecule has 6 heteroatoms. The van der Waals surface area contributed by atoms with E-state index in [1.54, 1.807) is 18.2 Å². The van der Waals surface area contributed by atoms with Crippen LogP contribution >= 0.6 is 0 Å². The number of carbonyl (C=O) groups excluding carboxylic acids is 1. The van der Waals surface area contributed by atoms with E-state index in [1.807, 2.05) is 6.92 Å². The Bertz CT molecular complexity index is 919. The topological polar surface area (TPSA) is 85.2 Å². The number of ether oxygens (including phenoxy) is 3. The van der Waals surface area contributed by atoms with Gasteiger partial charge in [-0.05, 0) is 37.1 Å². The van der Waals surface area contributed by atoms with Gasteiger partial charge in [0.25, 0.3) is 0 Å². The molecule has 0 unspecified atom stereocenters. The van der Waals surface area contributed by atoms with E-state index in [9.17, 15) is 15.0 Å². The van der Waals surface area contributed by atoms with Gasteiger partial charge in [-0.15, -0.1) is 0 Å². The second-order valence-electron chi connectivity index (χ2n) is 9.89. The molecule has 0 bridgehead atoms. The number of aryl methyl sites for hydroxylation is 1. The number of hydrogen-bond donors (Lipinski definition) is 2. The van der Waals surface area contributed by atoms with Crippen LogP contribution in [0.1, 0.15) is 108 Å². The molecule has 37 heavy (non-hydrogen) atoms. The minimum Gasteiger partial charge on any atom is -0.508 e. The molecule has 2 rings (SSSR count). The van der Waals surface area contributed by atoms with E-state index in [2.05, 4.69) is 6.92 Å². The van der Waals surface area contributed by atoms with Crippen LogP contribution in [0, 0.1) is 6.92 Å². The molecule has 0 radical (unpaired) electrons. The Kier molecular flexibility index (Phi) is 14.4. The van der Waals surface area contributed by atoms with E-state index in [0.29, 0.717) is 23.5 Å². The predicted octanol–water partition coefficient (Wildman–Crippen LogP) is 8.73. The molecule has 2 aromatic rings. The number of phenolic OH excluding ortho intramolecular Hbond substituents is 2. The summed E-state index contributed by atoms with van der Waals surface area (Å²) < 4.78 is 16.6. The van der Waals surface area contributed by atoms with Gasteiger partial charge in [-0.1, -0.05) is 84.0 Å². The molecule has 0 amide bonds. The lowest BCUT2D eigenvalue weighted by Gasteiger charge is -2.15. The second-order valence-corrected chi connectivity index (χ2v) is 9.89. The molecule has 2 aromatic carbocycles. The third kappa shape index (κ3) is 12.3. The average molecular weight is 515 g/mol. The van der Waals surface area contributed by atoms with Crippen LogP contribution in [0.2, 0.25) is 0 Å². The molecule has 0 aliphatic heterocycles. The van der Waals surface area contributed by atoms with Crippen molar-refractivity contribution in [3.05, 3.63) is 41.5 Å². The monoisotopic (exact) mass is 514 g/mol. The normalized spacial score (nSPS) is 10.9. The second kappa shape index (κ2) is 17.5. The fourth-order valence-corrected chi connectivity index (χ4v) is 4.41. The highest BCUT2D eigenvalue weighted by Gasteiger charge is 2.16. The zero-order valence-electron chi connectivity index (χ0n) is 23.0. The first-order chi connectivity index (χ1) is 17.9. The number of carbonyl (C=O) groups is 1. The molecule has 0 saturated heterocycles. The van der Waals surface area contributed by atoms with Gasteiger partial charge in [0.2, 0.25) is 0 Å². The van der Waals surface area contributed by atoms with Gasteiger partial charge < -0.3 is 24.4 Å². The van der Waals surface area contributed by atoms with Crippen LogP contribution in [-0.2, 0) is 16.1 Å². The third-order valence-corrected chi connectivity index (χ3v) is 6.48. The largest absolute Gasteiger partial charge is 0.508 e. The van der Waals surface area contributed by atoms with Crippen molar-refractivity contribution >= 4 is 5.97 Å². The quantitative estimate of drug-likeness (QED) is 0.144. The van der Waals surface area contributed by atoms with Crippen molar-refractivity contribution in [2.75, 3.05) is 7.11 Å². The Balaban J connectivity index is 1.70. The third-order valence-electron chi connectivity index (χ3n) is 6.48. The number of phenols is 2. The van der Waals surface area contributed by atoms with Crippen molar-refractivity contribution in [2.45, 2.75) is 110 Å². The zero-order valence-corrected chi connectivity index (χ0v) is 23.0. The molecule has 0 fully saturated rings. The lowest BCUT2D eigenvalue weighted by atomic mass is 10.0. The number of unbranched alkanes of at least 4 members (excludes halogenated alkanes) is 12. The standard InChI is InChI=1S/C31H46O6/c1-4-5-6-7-8-9-10-11-12-13-14-15-16-17-30(34)36-23-25-20-27(35-3)22-29(33)31(25)37-28-19-24(2)18-26(32)21-28/h18-22,32-33H,4-17,23H2,1-3H3. The fraction of sp³-hybridized carbons (Fsp3) is 0.581. The SMILES string of the molecule is CCCCCCCCCCCCCCCC(=O)OCc1cc(OC)cc(O)c1Oc1cc(C)cc(O)c1. The maximum absolute atomic E-state index is 12.3. The summed E-state index contributed by atoms with van der Waals surface area (Å²) in [4.78, 5) is 12.3. The Hall–Kier alpha value is -2.89. The van der Waals surface area contributed by atoms with Crippen molar-refractivity contribution in [1.82, 2.24) is 0 Å². The smallest absolute Gasteiger partial charge is 0.306 e. The Morgan fingerprint density at radius 3 is 1.92 bits per heavy atom. The van der Waals surface area contributed by atoms with Crippen LogP contribution in [0.3, 0.4) is 0 Å². The van der Waals surface area contributed by atoms with Crippen LogP contribution in [0.15, 0.2) is 30.3 Å². The first-order valence-corrected chi connectivity index (χ1v) is 14.0. The number of esters is 1. The molecule has 2 N–H and O–H groups in total. The lowest BCUT2D eigenvalue weighted by molar-refractivity contribution is -0.145. The van der Waals surface area contributed by atoms with Gasteiger partial charge in [-0.3, -0.25) is 4.79 Å². The molecule has 0 saturated carbocycles. The summed E-state index contributed by atoms with van der Waals surface area (Å²) >= 11 is 0. The summed E-state index contributed by atoms with van der Waals surface area (Å²) in [5.41, 5.74) is 1.30.